The van der Waals surface area contributed by atoms with Gasteiger partial charge in [0.05, 0.1) is 6.42 Å². The van der Waals surface area contributed by atoms with Gasteiger partial charge in [0.15, 0.2) is 0 Å². The molecule has 1 aromatic rings. The van der Waals surface area contributed by atoms with Crippen LogP contribution in [-0.2, 0) is 11.2 Å². The Morgan fingerprint density at radius 2 is 2.12 bits per heavy atom. The summed E-state index contributed by atoms with van der Waals surface area (Å²) in [5, 5.41) is 8.78. The molecule has 86 valence electrons. The van der Waals surface area contributed by atoms with E-state index in [2.05, 4.69) is 0 Å². The molecule has 0 atom stereocenters. The maximum atomic E-state index is 12.1. The van der Waals surface area contributed by atoms with Crippen molar-refractivity contribution in [2.75, 3.05) is 0 Å². The SMILES string of the molecule is Cc1cc(C)n(C2CC2)c(=O)c1CC(=O)O. The molecule has 0 amide bonds. The summed E-state index contributed by atoms with van der Waals surface area (Å²) in [4.78, 5) is 22.8. The Bertz CT molecular complexity index is 498. The van der Waals surface area contributed by atoms with E-state index in [1.54, 1.807) is 11.5 Å². The highest BCUT2D eigenvalue weighted by Crippen LogP contribution is 2.34. The van der Waals surface area contributed by atoms with Crippen LogP contribution in [0.25, 0.3) is 0 Å². The van der Waals surface area contributed by atoms with Crippen molar-refractivity contribution in [2.24, 2.45) is 0 Å². The van der Waals surface area contributed by atoms with Gasteiger partial charge in [-0.3, -0.25) is 9.59 Å². The van der Waals surface area contributed by atoms with Crippen LogP contribution in [0.15, 0.2) is 10.9 Å². The minimum Gasteiger partial charge on any atom is -0.481 e. The van der Waals surface area contributed by atoms with E-state index in [-0.39, 0.29) is 12.0 Å². The zero-order valence-corrected chi connectivity index (χ0v) is 9.49. The van der Waals surface area contributed by atoms with Crippen LogP contribution in [0, 0.1) is 13.8 Å². The third-order valence-electron chi connectivity index (χ3n) is 3.00. The summed E-state index contributed by atoms with van der Waals surface area (Å²) in [5.41, 5.74) is 2.01. The molecule has 1 fully saturated rings. The van der Waals surface area contributed by atoms with E-state index in [9.17, 15) is 9.59 Å². The number of carboxylic acid groups (broad SMARTS) is 1. The Kier molecular flexibility index (Phi) is 2.58. The van der Waals surface area contributed by atoms with Gasteiger partial charge < -0.3 is 9.67 Å². The van der Waals surface area contributed by atoms with Gasteiger partial charge in [-0.15, -0.1) is 0 Å². The van der Waals surface area contributed by atoms with Gasteiger partial charge in [0.25, 0.3) is 5.56 Å². The highest BCUT2D eigenvalue weighted by Gasteiger charge is 2.27. The summed E-state index contributed by atoms with van der Waals surface area (Å²) < 4.78 is 1.74. The number of aliphatic carboxylic acids is 1. The third kappa shape index (κ3) is 1.87. The summed E-state index contributed by atoms with van der Waals surface area (Å²) in [5.74, 6) is -0.952. The zero-order chi connectivity index (χ0) is 11.9. The van der Waals surface area contributed by atoms with Crippen LogP contribution in [0.3, 0.4) is 0 Å². The molecule has 0 spiro atoms. The molecule has 1 N–H and O–H groups in total. The van der Waals surface area contributed by atoms with Crippen LogP contribution >= 0.6 is 0 Å². The lowest BCUT2D eigenvalue weighted by Crippen LogP contribution is -2.27. The van der Waals surface area contributed by atoms with E-state index in [1.807, 2.05) is 13.0 Å². The Morgan fingerprint density at radius 3 is 2.62 bits per heavy atom. The second kappa shape index (κ2) is 3.77. The molecule has 0 saturated heterocycles. The van der Waals surface area contributed by atoms with Gasteiger partial charge in [-0.25, -0.2) is 0 Å². The Labute approximate surface area is 93.5 Å². The number of aryl methyl sites for hydroxylation is 2. The van der Waals surface area contributed by atoms with Crippen molar-refractivity contribution in [1.82, 2.24) is 4.57 Å². The molecule has 1 heterocycles. The fourth-order valence-electron chi connectivity index (χ4n) is 2.10. The molecule has 0 aliphatic heterocycles. The van der Waals surface area contributed by atoms with Gasteiger partial charge in [0, 0.05) is 17.3 Å². The average Bonchev–Trinajstić information content (AvgIpc) is 2.95. The van der Waals surface area contributed by atoms with Crippen LogP contribution < -0.4 is 5.56 Å². The van der Waals surface area contributed by atoms with E-state index < -0.39 is 5.97 Å². The fourth-order valence-corrected chi connectivity index (χ4v) is 2.10. The largest absolute Gasteiger partial charge is 0.481 e. The fraction of sp³-hybridized carbons (Fsp3) is 0.500. The molecule has 0 unspecified atom stereocenters. The van der Waals surface area contributed by atoms with Crippen LogP contribution in [-0.4, -0.2) is 15.6 Å². The first-order chi connectivity index (χ1) is 7.50. The molecule has 4 heteroatoms. The lowest BCUT2D eigenvalue weighted by molar-refractivity contribution is -0.136. The monoisotopic (exact) mass is 221 g/mol. The minimum atomic E-state index is -0.952. The molecule has 1 saturated carbocycles. The van der Waals surface area contributed by atoms with Crippen molar-refractivity contribution in [3.8, 4) is 0 Å². The van der Waals surface area contributed by atoms with Crippen LogP contribution in [0.1, 0.15) is 35.7 Å². The summed E-state index contributed by atoms with van der Waals surface area (Å²) in [7, 11) is 0. The molecule has 16 heavy (non-hydrogen) atoms. The quantitative estimate of drug-likeness (QED) is 0.839. The van der Waals surface area contributed by atoms with Crippen molar-refractivity contribution in [3.05, 3.63) is 33.2 Å². The Morgan fingerprint density at radius 1 is 1.50 bits per heavy atom. The number of rotatable bonds is 3. The normalized spacial score (nSPS) is 15.1. The maximum Gasteiger partial charge on any atom is 0.308 e. The number of carbonyl (C=O) groups is 1. The van der Waals surface area contributed by atoms with Crippen LogP contribution in [0.5, 0.6) is 0 Å². The molecule has 1 aromatic heterocycles. The van der Waals surface area contributed by atoms with E-state index in [0.717, 1.165) is 24.1 Å². The van der Waals surface area contributed by atoms with Gasteiger partial charge in [-0.1, -0.05) is 0 Å². The van der Waals surface area contributed by atoms with Crippen molar-refractivity contribution >= 4 is 5.97 Å². The molecule has 4 nitrogen and oxygen atoms in total. The van der Waals surface area contributed by atoms with Gasteiger partial charge >= 0.3 is 5.97 Å². The number of aromatic nitrogens is 1. The first kappa shape index (κ1) is 10.9. The summed E-state index contributed by atoms with van der Waals surface area (Å²) >= 11 is 0. The van der Waals surface area contributed by atoms with Crippen LogP contribution in [0.4, 0.5) is 0 Å². The minimum absolute atomic E-state index is 0.123. The zero-order valence-electron chi connectivity index (χ0n) is 9.49. The Hall–Kier alpha value is -1.58. The first-order valence-corrected chi connectivity index (χ1v) is 5.44. The van der Waals surface area contributed by atoms with E-state index in [4.69, 9.17) is 5.11 Å². The topological polar surface area (TPSA) is 59.3 Å². The first-order valence-electron chi connectivity index (χ1n) is 5.44. The maximum absolute atomic E-state index is 12.1. The lowest BCUT2D eigenvalue weighted by atomic mass is 10.1. The van der Waals surface area contributed by atoms with Gasteiger partial charge in [0.1, 0.15) is 0 Å². The van der Waals surface area contributed by atoms with Crippen molar-refractivity contribution in [1.29, 1.82) is 0 Å². The molecule has 1 aliphatic rings. The molecular formula is C12H15NO3. The van der Waals surface area contributed by atoms with E-state index in [0.29, 0.717) is 11.6 Å². The summed E-state index contributed by atoms with van der Waals surface area (Å²) in [6.45, 7) is 3.70. The molecule has 0 bridgehead atoms. The highest BCUT2D eigenvalue weighted by molar-refractivity contribution is 5.70. The highest BCUT2D eigenvalue weighted by atomic mass is 16.4. The predicted octanol–water partition coefficient (Wildman–Crippen LogP) is 1.43. The van der Waals surface area contributed by atoms with Crippen molar-refractivity contribution in [2.45, 2.75) is 39.2 Å². The smallest absolute Gasteiger partial charge is 0.308 e. The van der Waals surface area contributed by atoms with E-state index >= 15 is 0 Å². The Balaban J connectivity index is 2.55. The van der Waals surface area contributed by atoms with Crippen LogP contribution in [0.2, 0.25) is 0 Å². The molecule has 0 radical (unpaired) electrons. The predicted molar refractivity (Wildman–Crippen MR) is 59.8 cm³/mol. The third-order valence-corrected chi connectivity index (χ3v) is 3.00. The number of pyridine rings is 1. The summed E-state index contributed by atoms with van der Waals surface area (Å²) in [6, 6.07) is 2.19. The molecule has 0 aromatic carbocycles. The lowest BCUT2D eigenvalue weighted by Gasteiger charge is -2.12. The van der Waals surface area contributed by atoms with Gasteiger partial charge in [-0.2, -0.15) is 0 Å². The average molecular weight is 221 g/mol. The second-order valence-electron chi connectivity index (χ2n) is 4.42. The number of hydrogen-bond acceptors (Lipinski definition) is 2. The summed E-state index contributed by atoms with van der Waals surface area (Å²) in [6.07, 6.45) is 1.87. The number of carboxylic acids is 1. The van der Waals surface area contributed by atoms with Gasteiger partial charge in [0.2, 0.25) is 0 Å². The molecule has 2 rings (SSSR count). The standard InChI is InChI=1S/C12H15NO3/c1-7-5-8(2)13(9-3-4-9)12(16)10(7)6-11(14)15/h5,9H,3-4,6H2,1-2H3,(H,14,15). The van der Waals surface area contributed by atoms with Crippen molar-refractivity contribution in [3.63, 3.8) is 0 Å². The number of hydrogen-bond donors (Lipinski definition) is 1. The number of nitrogens with zero attached hydrogens (tertiary/aromatic N) is 1. The molecular weight excluding hydrogens is 206 g/mol. The van der Waals surface area contributed by atoms with Gasteiger partial charge in [-0.05, 0) is 38.3 Å². The molecule has 1 aliphatic carbocycles. The van der Waals surface area contributed by atoms with E-state index in [1.165, 1.54) is 0 Å². The second-order valence-corrected chi connectivity index (χ2v) is 4.42. The van der Waals surface area contributed by atoms with Crippen molar-refractivity contribution < 1.29 is 9.90 Å².